The van der Waals surface area contributed by atoms with Crippen LogP contribution in [0.4, 0.5) is 0 Å². The first-order valence-electron chi connectivity index (χ1n) is 13.2. The van der Waals surface area contributed by atoms with E-state index < -0.39 is 5.60 Å². The first kappa shape index (κ1) is 26.6. The van der Waals surface area contributed by atoms with Gasteiger partial charge in [0.15, 0.2) is 11.9 Å². The number of benzene rings is 3. The lowest BCUT2D eigenvalue weighted by atomic mass is 9.97. The fourth-order valence-electron chi connectivity index (χ4n) is 4.79. The topological polar surface area (TPSA) is 102 Å². The van der Waals surface area contributed by atoms with Gasteiger partial charge in [0.2, 0.25) is 5.78 Å². The van der Waals surface area contributed by atoms with Gasteiger partial charge < -0.3 is 4.74 Å². The number of hydrogen-bond acceptors (Lipinski definition) is 6. The zero-order valence-corrected chi connectivity index (χ0v) is 22.7. The van der Waals surface area contributed by atoms with Crippen molar-refractivity contribution in [3.8, 4) is 28.6 Å². The second kappa shape index (κ2) is 11.0. The van der Waals surface area contributed by atoms with Gasteiger partial charge in [0.1, 0.15) is 12.1 Å². The average Bonchev–Trinajstić information content (AvgIpc) is 3.45. The lowest BCUT2D eigenvalue weighted by molar-refractivity contribution is -0.118. The van der Waals surface area contributed by atoms with Crippen LogP contribution in [0.15, 0.2) is 83.9 Å². The molecule has 0 unspecified atom stereocenters. The van der Waals surface area contributed by atoms with E-state index in [4.69, 9.17) is 4.74 Å². The molecule has 0 bridgehead atoms. The number of rotatable bonds is 9. The molecular formula is C32H29N5O3. The summed E-state index contributed by atoms with van der Waals surface area (Å²) in [5.74, 6) is 0.954. The van der Waals surface area contributed by atoms with Crippen LogP contribution in [0.3, 0.4) is 0 Å². The van der Waals surface area contributed by atoms with Gasteiger partial charge in [-0.15, -0.1) is 0 Å². The van der Waals surface area contributed by atoms with Gasteiger partial charge in [-0.1, -0.05) is 55.8 Å². The van der Waals surface area contributed by atoms with E-state index in [9.17, 15) is 14.9 Å². The SMILES string of the molecule is CCCc1c(Cc2ccc(-c3ccccc3C#N)cc2)c(=O)n(-c2ccc(OC(C)(C)C=O)cc2)c2ncnn12. The van der Waals surface area contributed by atoms with Gasteiger partial charge in [0, 0.05) is 12.0 Å². The lowest BCUT2D eigenvalue weighted by Gasteiger charge is -2.20. The van der Waals surface area contributed by atoms with Crippen molar-refractivity contribution in [1.29, 1.82) is 5.26 Å². The smallest absolute Gasteiger partial charge is 0.263 e. The third-order valence-electron chi connectivity index (χ3n) is 6.73. The second-order valence-corrected chi connectivity index (χ2v) is 10.1. The maximum Gasteiger partial charge on any atom is 0.263 e. The molecule has 2 aromatic heterocycles. The molecule has 0 N–H and O–H groups in total. The predicted octanol–water partition coefficient (Wildman–Crippen LogP) is 5.32. The van der Waals surface area contributed by atoms with Crippen LogP contribution in [-0.4, -0.2) is 31.1 Å². The standard InChI is InChI=1S/C32H29N5O3/c1-4-7-29-28(18-22-10-12-23(13-11-22)27-9-6-5-8-24(27)19-33)30(39)36(31-34-21-35-37(29)31)25-14-16-26(17-15-25)40-32(2,3)20-38/h5-6,8-17,20-21H,4,7,18H2,1-3H3. The normalized spacial score (nSPS) is 11.3. The van der Waals surface area contributed by atoms with Crippen LogP contribution in [-0.2, 0) is 17.6 Å². The summed E-state index contributed by atoms with van der Waals surface area (Å²) in [7, 11) is 0. The molecule has 200 valence electrons. The molecule has 0 amide bonds. The highest BCUT2D eigenvalue weighted by Crippen LogP contribution is 2.25. The third kappa shape index (κ3) is 5.14. The van der Waals surface area contributed by atoms with E-state index in [1.165, 1.54) is 6.33 Å². The number of aldehydes is 1. The minimum atomic E-state index is -0.959. The van der Waals surface area contributed by atoms with Crippen LogP contribution in [0, 0.1) is 11.3 Å². The number of carbonyl (C=O) groups excluding carboxylic acids is 1. The molecule has 0 saturated heterocycles. The van der Waals surface area contributed by atoms with E-state index in [1.54, 1.807) is 53.3 Å². The Bertz CT molecular complexity index is 1780. The van der Waals surface area contributed by atoms with E-state index in [0.717, 1.165) is 35.1 Å². The largest absolute Gasteiger partial charge is 0.480 e. The molecule has 0 aliphatic carbocycles. The highest BCUT2D eigenvalue weighted by molar-refractivity contribution is 5.70. The molecule has 40 heavy (non-hydrogen) atoms. The van der Waals surface area contributed by atoms with Gasteiger partial charge in [-0.3, -0.25) is 9.59 Å². The van der Waals surface area contributed by atoms with Crippen molar-refractivity contribution in [2.75, 3.05) is 0 Å². The molecule has 0 aliphatic rings. The Balaban J connectivity index is 1.57. The van der Waals surface area contributed by atoms with Crippen LogP contribution in [0.2, 0.25) is 0 Å². The molecule has 5 aromatic rings. The summed E-state index contributed by atoms with van der Waals surface area (Å²) in [4.78, 5) is 29.8. The first-order chi connectivity index (χ1) is 19.3. The van der Waals surface area contributed by atoms with Gasteiger partial charge in [-0.05, 0) is 67.3 Å². The van der Waals surface area contributed by atoms with Crippen LogP contribution in [0.1, 0.15) is 49.6 Å². The number of carbonyl (C=O) groups is 1. The highest BCUT2D eigenvalue weighted by Gasteiger charge is 2.21. The van der Waals surface area contributed by atoms with Crippen LogP contribution < -0.4 is 10.3 Å². The number of nitriles is 1. The Morgan fingerprint density at radius 2 is 1.75 bits per heavy atom. The van der Waals surface area contributed by atoms with Crippen molar-refractivity contribution in [2.24, 2.45) is 0 Å². The summed E-state index contributed by atoms with van der Waals surface area (Å²) in [5.41, 5.74) is 4.38. The molecular weight excluding hydrogens is 502 g/mol. The third-order valence-corrected chi connectivity index (χ3v) is 6.73. The summed E-state index contributed by atoms with van der Waals surface area (Å²) in [6.45, 7) is 5.44. The summed E-state index contributed by atoms with van der Waals surface area (Å²) in [5, 5.41) is 14.0. The van der Waals surface area contributed by atoms with Crippen molar-refractivity contribution in [1.82, 2.24) is 19.2 Å². The van der Waals surface area contributed by atoms with Crippen molar-refractivity contribution in [3.05, 3.63) is 112 Å². The number of nitrogens with zero attached hydrogens (tertiary/aromatic N) is 5. The fraction of sp³-hybridized carbons (Fsp3) is 0.219. The molecule has 3 aromatic carbocycles. The van der Waals surface area contributed by atoms with E-state index in [0.29, 0.717) is 41.2 Å². The lowest BCUT2D eigenvalue weighted by Crippen LogP contribution is -2.30. The van der Waals surface area contributed by atoms with Gasteiger partial charge in [0.25, 0.3) is 5.56 Å². The van der Waals surface area contributed by atoms with E-state index >= 15 is 0 Å². The van der Waals surface area contributed by atoms with Crippen molar-refractivity contribution in [3.63, 3.8) is 0 Å². The Hall–Kier alpha value is -5.03. The molecule has 0 aliphatic heterocycles. The minimum Gasteiger partial charge on any atom is -0.480 e. The average molecular weight is 532 g/mol. The molecule has 0 fully saturated rings. The van der Waals surface area contributed by atoms with Gasteiger partial charge in [-0.2, -0.15) is 15.3 Å². The number of fused-ring (bicyclic) bond motifs is 1. The highest BCUT2D eigenvalue weighted by atomic mass is 16.5. The molecule has 0 atom stereocenters. The van der Waals surface area contributed by atoms with Crippen LogP contribution in [0.5, 0.6) is 5.75 Å². The zero-order valence-electron chi connectivity index (χ0n) is 22.7. The van der Waals surface area contributed by atoms with Crippen molar-refractivity contribution >= 4 is 12.1 Å². The zero-order chi connectivity index (χ0) is 28.3. The van der Waals surface area contributed by atoms with Crippen molar-refractivity contribution < 1.29 is 9.53 Å². The van der Waals surface area contributed by atoms with Crippen LogP contribution >= 0.6 is 0 Å². The quantitative estimate of drug-likeness (QED) is 0.239. The number of aromatic nitrogens is 4. The Kier molecular flexibility index (Phi) is 7.30. The summed E-state index contributed by atoms with van der Waals surface area (Å²) >= 11 is 0. The summed E-state index contributed by atoms with van der Waals surface area (Å²) in [6, 6.07) is 24.7. The summed E-state index contributed by atoms with van der Waals surface area (Å²) in [6.07, 6.45) is 4.14. The van der Waals surface area contributed by atoms with Crippen LogP contribution in [0.25, 0.3) is 22.6 Å². The maximum absolute atomic E-state index is 14.1. The monoisotopic (exact) mass is 531 g/mol. The molecule has 8 nitrogen and oxygen atoms in total. The van der Waals surface area contributed by atoms with Gasteiger partial charge in [0.05, 0.1) is 23.0 Å². The maximum atomic E-state index is 14.1. The second-order valence-electron chi connectivity index (χ2n) is 10.1. The number of aryl methyl sites for hydroxylation is 1. The minimum absolute atomic E-state index is 0.162. The molecule has 5 rings (SSSR count). The fourth-order valence-corrected chi connectivity index (χ4v) is 4.79. The first-order valence-corrected chi connectivity index (χ1v) is 13.2. The molecule has 8 heteroatoms. The van der Waals surface area contributed by atoms with Gasteiger partial charge in [-0.25, -0.2) is 9.08 Å². The van der Waals surface area contributed by atoms with Gasteiger partial charge >= 0.3 is 0 Å². The predicted molar refractivity (Wildman–Crippen MR) is 153 cm³/mol. The Morgan fingerprint density at radius 3 is 2.42 bits per heavy atom. The van der Waals surface area contributed by atoms with E-state index in [-0.39, 0.29) is 5.56 Å². The van der Waals surface area contributed by atoms with Crippen molar-refractivity contribution in [2.45, 2.75) is 45.6 Å². The Morgan fingerprint density at radius 1 is 1.02 bits per heavy atom. The number of hydrogen-bond donors (Lipinski definition) is 0. The van der Waals surface area contributed by atoms with E-state index in [2.05, 4.69) is 23.1 Å². The molecule has 0 saturated carbocycles. The van der Waals surface area contributed by atoms with E-state index in [1.807, 2.05) is 42.5 Å². The number of ether oxygens (including phenoxy) is 1. The Labute approximate surface area is 232 Å². The molecule has 0 radical (unpaired) electrons. The summed E-state index contributed by atoms with van der Waals surface area (Å²) < 4.78 is 9.06. The molecule has 2 heterocycles. The molecule has 0 spiro atoms.